The highest BCUT2D eigenvalue weighted by molar-refractivity contribution is 5.41. The zero-order valence-electron chi connectivity index (χ0n) is 7.65. The first-order valence-corrected chi connectivity index (χ1v) is 4.32. The van der Waals surface area contributed by atoms with Crippen molar-refractivity contribution in [3.8, 4) is 12.3 Å². The molecule has 0 saturated heterocycles. The van der Waals surface area contributed by atoms with Crippen LogP contribution in [-0.2, 0) is 12.8 Å². The van der Waals surface area contributed by atoms with Gasteiger partial charge in [-0.1, -0.05) is 31.9 Å². The molecule has 0 fully saturated rings. The number of hydrogen-bond donors (Lipinski definition) is 0. The van der Waals surface area contributed by atoms with Gasteiger partial charge < -0.3 is 0 Å². The lowest BCUT2D eigenvalue weighted by atomic mass is 10.0. The first-order valence-electron chi connectivity index (χ1n) is 4.32. The Kier molecular flexibility index (Phi) is 2.94. The van der Waals surface area contributed by atoms with E-state index in [0.29, 0.717) is 0 Å². The Morgan fingerprint density at radius 3 is 2.58 bits per heavy atom. The van der Waals surface area contributed by atoms with Gasteiger partial charge in [0.2, 0.25) is 0 Å². The van der Waals surface area contributed by atoms with Crippen LogP contribution >= 0.6 is 0 Å². The molecule has 1 radical (unpaired) electrons. The third-order valence-electron chi connectivity index (χ3n) is 2.00. The first-order chi connectivity index (χ1) is 5.81. The third-order valence-corrected chi connectivity index (χ3v) is 2.00. The van der Waals surface area contributed by atoms with Crippen molar-refractivity contribution in [2.75, 3.05) is 0 Å². The molecule has 0 saturated carbocycles. The second kappa shape index (κ2) is 3.97. The minimum atomic E-state index is 0.928. The summed E-state index contributed by atoms with van der Waals surface area (Å²) in [4.78, 5) is 0. The van der Waals surface area contributed by atoms with Crippen LogP contribution in [0.15, 0.2) is 12.1 Å². The zero-order valence-corrected chi connectivity index (χ0v) is 7.65. The molecule has 1 aromatic carbocycles. The molecule has 0 bridgehead atoms. The first kappa shape index (κ1) is 8.87. The van der Waals surface area contributed by atoms with Crippen LogP contribution in [0.5, 0.6) is 0 Å². The SMILES string of the molecule is C#Cc1[c]c(CC)ccc1CC. The predicted molar refractivity (Wildman–Crippen MR) is 52.0 cm³/mol. The summed E-state index contributed by atoms with van der Waals surface area (Å²) in [7, 11) is 0. The van der Waals surface area contributed by atoms with E-state index in [1.807, 2.05) is 0 Å². The highest BCUT2D eigenvalue weighted by Crippen LogP contribution is 2.11. The largest absolute Gasteiger partial charge is 0.115 e. The summed E-state index contributed by atoms with van der Waals surface area (Å²) in [5.41, 5.74) is 3.34. The van der Waals surface area contributed by atoms with Crippen molar-refractivity contribution in [1.29, 1.82) is 0 Å². The monoisotopic (exact) mass is 157 g/mol. The van der Waals surface area contributed by atoms with E-state index in [9.17, 15) is 0 Å². The lowest BCUT2D eigenvalue weighted by molar-refractivity contribution is 1.09. The molecule has 1 aromatic rings. The molecule has 0 aliphatic heterocycles. The van der Waals surface area contributed by atoms with E-state index < -0.39 is 0 Å². The smallest absolute Gasteiger partial charge is 0.0356 e. The average molecular weight is 157 g/mol. The van der Waals surface area contributed by atoms with Gasteiger partial charge in [-0.25, -0.2) is 0 Å². The Morgan fingerprint density at radius 1 is 1.33 bits per heavy atom. The minimum Gasteiger partial charge on any atom is -0.115 e. The molecule has 0 heterocycles. The van der Waals surface area contributed by atoms with Crippen LogP contribution in [0.2, 0.25) is 0 Å². The molecular formula is C12H13. The molecule has 0 nitrogen and oxygen atoms in total. The van der Waals surface area contributed by atoms with Gasteiger partial charge in [-0.2, -0.15) is 0 Å². The van der Waals surface area contributed by atoms with Crippen LogP contribution in [0.4, 0.5) is 0 Å². The second-order valence-corrected chi connectivity index (χ2v) is 2.74. The summed E-state index contributed by atoms with van der Waals surface area (Å²) in [5.74, 6) is 2.67. The van der Waals surface area contributed by atoms with Gasteiger partial charge in [0.15, 0.2) is 0 Å². The number of aryl methyl sites for hydroxylation is 2. The van der Waals surface area contributed by atoms with Crippen molar-refractivity contribution >= 4 is 0 Å². The maximum Gasteiger partial charge on any atom is 0.0356 e. The minimum absolute atomic E-state index is 0.928. The average Bonchev–Trinajstić information content (AvgIpc) is 2.16. The van der Waals surface area contributed by atoms with Gasteiger partial charge in [-0.05, 0) is 24.0 Å². The summed E-state index contributed by atoms with van der Waals surface area (Å²) in [6.07, 6.45) is 7.35. The highest BCUT2D eigenvalue weighted by atomic mass is 14.0. The van der Waals surface area contributed by atoms with Crippen LogP contribution in [0, 0.1) is 18.4 Å². The molecule has 0 aliphatic carbocycles. The Balaban J connectivity index is 3.13. The van der Waals surface area contributed by atoms with Gasteiger partial charge in [0.05, 0.1) is 0 Å². The Bertz CT molecular complexity index is 302. The van der Waals surface area contributed by atoms with Crippen LogP contribution in [0.1, 0.15) is 30.5 Å². The van der Waals surface area contributed by atoms with Gasteiger partial charge >= 0.3 is 0 Å². The zero-order chi connectivity index (χ0) is 8.97. The van der Waals surface area contributed by atoms with Crippen LogP contribution < -0.4 is 0 Å². The quantitative estimate of drug-likeness (QED) is 0.579. The van der Waals surface area contributed by atoms with Crippen molar-refractivity contribution in [3.63, 3.8) is 0 Å². The van der Waals surface area contributed by atoms with Gasteiger partial charge in [-0.3, -0.25) is 0 Å². The van der Waals surface area contributed by atoms with Crippen molar-refractivity contribution in [2.45, 2.75) is 26.7 Å². The Labute approximate surface area is 74.6 Å². The van der Waals surface area contributed by atoms with E-state index in [0.717, 1.165) is 18.4 Å². The maximum atomic E-state index is 5.37. The lowest BCUT2D eigenvalue weighted by Crippen LogP contribution is -1.90. The molecule has 0 atom stereocenters. The number of terminal acetylenes is 1. The van der Waals surface area contributed by atoms with E-state index in [-0.39, 0.29) is 0 Å². The predicted octanol–water partition coefficient (Wildman–Crippen LogP) is 2.59. The van der Waals surface area contributed by atoms with E-state index in [1.54, 1.807) is 0 Å². The van der Waals surface area contributed by atoms with Crippen LogP contribution in [0.3, 0.4) is 0 Å². The summed E-state index contributed by atoms with van der Waals surface area (Å²) >= 11 is 0. The summed E-state index contributed by atoms with van der Waals surface area (Å²) in [5, 5.41) is 0. The fraction of sp³-hybridized carbons (Fsp3) is 0.333. The molecule has 0 unspecified atom stereocenters. The van der Waals surface area contributed by atoms with E-state index in [2.05, 4.69) is 38.0 Å². The molecule has 0 spiro atoms. The third kappa shape index (κ3) is 1.68. The van der Waals surface area contributed by atoms with E-state index in [1.165, 1.54) is 11.1 Å². The second-order valence-electron chi connectivity index (χ2n) is 2.74. The van der Waals surface area contributed by atoms with Gasteiger partial charge in [-0.15, -0.1) is 6.42 Å². The molecule has 0 aromatic heterocycles. The molecule has 1 rings (SSSR count). The molecule has 0 aliphatic rings. The standard InChI is InChI=1S/C12H13/c1-4-10-7-8-11(5-2)12(6-3)9-10/h3,7-8H,4-5H2,1-2H3. The number of hydrogen-bond acceptors (Lipinski definition) is 0. The molecule has 12 heavy (non-hydrogen) atoms. The van der Waals surface area contributed by atoms with Crippen LogP contribution in [0.25, 0.3) is 0 Å². The van der Waals surface area contributed by atoms with E-state index >= 15 is 0 Å². The van der Waals surface area contributed by atoms with Gasteiger partial charge in [0, 0.05) is 11.6 Å². The highest BCUT2D eigenvalue weighted by Gasteiger charge is 1.98. The molecule has 61 valence electrons. The normalized spacial score (nSPS) is 9.42. The van der Waals surface area contributed by atoms with Crippen molar-refractivity contribution < 1.29 is 0 Å². The Morgan fingerprint density at radius 2 is 2.08 bits per heavy atom. The molecule has 0 amide bonds. The van der Waals surface area contributed by atoms with E-state index in [4.69, 9.17) is 6.42 Å². The summed E-state index contributed by atoms with van der Waals surface area (Å²) < 4.78 is 0. The molecule has 0 N–H and O–H groups in total. The van der Waals surface area contributed by atoms with Crippen molar-refractivity contribution in [1.82, 2.24) is 0 Å². The molecular weight excluding hydrogens is 144 g/mol. The number of rotatable bonds is 2. The fourth-order valence-corrected chi connectivity index (χ4v) is 1.20. The topological polar surface area (TPSA) is 0 Å². The summed E-state index contributed by atoms with van der Waals surface area (Å²) in [6.45, 7) is 4.22. The lowest BCUT2D eigenvalue weighted by Gasteiger charge is -2.02. The summed E-state index contributed by atoms with van der Waals surface area (Å²) in [6, 6.07) is 7.43. The fourth-order valence-electron chi connectivity index (χ4n) is 1.20. The molecule has 0 heteroatoms. The van der Waals surface area contributed by atoms with Crippen LogP contribution in [-0.4, -0.2) is 0 Å². The Hall–Kier alpha value is -1.22. The van der Waals surface area contributed by atoms with Crippen molar-refractivity contribution in [2.24, 2.45) is 0 Å². The van der Waals surface area contributed by atoms with Gasteiger partial charge in [0.1, 0.15) is 0 Å². The van der Waals surface area contributed by atoms with Crippen molar-refractivity contribution in [3.05, 3.63) is 34.9 Å². The maximum absolute atomic E-state index is 5.37. The number of benzene rings is 1. The van der Waals surface area contributed by atoms with Gasteiger partial charge in [0.25, 0.3) is 0 Å².